The lowest BCUT2D eigenvalue weighted by molar-refractivity contribution is 0.160. The van der Waals surface area contributed by atoms with Crippen molar-refractivity contribution in [3.8, 4) is 11.1 Å². The van der Waals surface area contributed by atoms with Gasteiger partial charge in [0.2, 0.25) is 0 Å². The number of ether oxygens (including phenoxy) is 1. The number of nitrogens with one attached hydrogen (secondary N) is 1. The minimum Gasteiger partial charge on any atom is -0.449 e. The van der Waals surface area contributed by atoms with Crippen molar-refractivity contribution in [1.82, 2.24) is 0 Å². The molecule has 0 heterocycles. The summed E-state index contributed by atoms with van der Waals surface area (Å²) in [6.07, 6.45) is 1.30. The predicted octanol–water partition coefficient (Wildman–Crippen LogP) is 5.53. The topological polar surface area (TPSA) is 38.3 Å². The minimum atomic E-state index is -0.416. The molecule has 25 heavy (non-hydrogen) atoms. The molecule has 0 atom stereocenters. The molecular weight excluding hydrogens is 310 g/mol. The molecule has 0 unspecified atom stereocenters. The third kappa shape index (κ3) is 5.21. The number of carbonyl (C=O) groups is 1. The molecule has 1 amide bonds. The van der Waals surface area contributed by atoms with Gasteiger partial charge in [-0.1, -0.05) is 72.8 Å². The van der Waals surface area contributed by atoms with Gasteiger partial charge in [-0.2, -0.15) is 0 Å². The van der Waals surface area contributed by atoms with Crippen LogP contribution in [0, 0.1) is 0 Å². The quantitative estimate of drug-likeness (QED) is 0.603. The Bertz CT molecular complexity index is 783. The lowest BCUT2D eigenvalue weighted by atomic mass is 10.1. The molecule has 1 N–H and O–H groups in total. The van der Waals surface area contributed by atoms with Gasteiger partial charge >= 0.3 is 6.09 Å². The number of benzene rings is 3. The SMILES string of the molecule is O=C(Nc1ccc(-c2ccccc2)cc1)OCCCc1ccccc1. The summed E-state index contributed by atoms with van der Waals surface area (Å²) in [7, 11) is 0. The molecule has 0 fully saturated rings. The molecule has 0 spiro atoms. The number of rotatable bonds is 6. The van der Waals surface area contributed by atoms with E-state index in [0.29, 0.717) is 6.61 Å². The summed E-state index contributed by atoms with van der Waals surface area (Å²) in [5, 5.41) is 2.76. The molecule has 0 aliphatic rings. The largest absolute Gasteiger partial charge is 0.449 e. The zero-order valence-corrected chi connectivity index (χ0v) is 14.0. The molecular formula is C22H21NO2. The van der Waals surface area contributed by atoms with Crippen molar-refractivity contribution in [2.75, 3.05) is 11.9 Å². The van der Waals surface area contributed by atoms with Gasteiger partial charge in [0, 0.05) is 5.69 Å². The van der Waals surface area contributed by atoms with E-state index in [-0.39, 0.29) is 0 Å². The van der Waals surface area contributed by atoms with E-state index in [1.165, 1.54) is 5.56 Å². The first-order chi connectivity index (χ1) is 12.3. The Morgan fingerprint density at radius 1 is 0.760 bits per heavy atom. The highest BCUT2D eigenvalue weighted by Crippen LogP contribution is 2.21. The van der Waals surface area contributed by atoms with Crippen LogP contribution in [0.3, 0.4) is 0 Å². The number of amides is 1. The summed E-state index contributed by atoms with van der Waals surface area (Å²) in [6, 6.07) is 28.0. The normalized spacial score (nSPS) is 10.2. The van der Waals surface area contributed by atoms with Crippen LogP contribution in [0.2, 0.25) is 0 Å². The van der Waals surface area contributed by atoms with Crippen molar-refractivity contribution in [2.45, 2.75) is 12.8 Å². The molecule has 0 saturated heterocycles. The van der Waals surface area contributed by atoms with Crippen LogP contribution < -0.4 is 5.32 Å². The molecule has 3 aromatic carbocycles. The van der Waals surface area contributed by atoms with Crippen molar-refractivity contribution in [3.05, 3.63) is 90.5 Å². The first-order valence-electron chi connectivity index (χ1n) is 8.44. The van der Waals surface area contributed by atoms with Crippen LogP contribution in [0.1, 0.15) is 12.0 Å². The Kier molecular flexibility index (Phi) is 5.83. The minimum absolute atomic E-state index is 0.406. The van der Waals surface area contributed by atoms with Gasteiger partial charge in [0.1, 0.15) is 0 Å². The molecule has 0 saturated carbocycles. The fourth-order valence-corrected chi connectivity index (χ4v) is 2.62. The molecule has 0 radical (unpaired) electrons. The zero-order valence-electron chi connectivity index (χ0n) is 14.0. The maximum Gasteiger partial charge on any atom is 0.411 e. The van der Waals surface area contributed by atoms with Gasteiger partial charge in [-0.25, -0.2) is 4.79 Å². The average molecular weight is 331 g/mol. The lowest BCUT2D eigenvalue weighted by Crippen LogP contribution is -2.14. The highest BCUT2D eigenvalue weighted by atomic mass is 16.5. The number of anilines is 1. The van der Waals surface area contributed by atoms with Gasteiger partial charge < -0.3 is 4.74 Å². The Balaban J connectivity index is 1.43. The molecule has 126 valence electrons. The van der Waals surface area contributed by atoms with Crippen molar-refractivity contribution in [1.29, 1.82) is 0 Å². The molecule has 0 aromatic heterocycles. The van der Waals surface area contributed by atoms with Crippen LogP contribution in [0.5, 0.6) is 0 Å². The first kappa shape index (κ1) is 16.8. The third-order valence-electron chi connectivity index (χ3n) is 3.92. The van der Waals surface area contributed by atoms with Gasteiger partial charge in [0.05, 0.1) is 6.61 Å². The molecule has 3 nitrogen and oxygen atoms in total. The summed E-state index contributed by atoms with van der Waals surface area (Å²) in [5.74, 6) is 0. The van der Waals surface area contributed by atoms with Crippen molar-refractivity contribution < 1.29 is 9.53 Å². The number of hydrogen-bond acceptors (Lipinski definition) is 2. The van der Waals surface area contributed by atoms with Gasteiger partial charge in [-0.15, -0.1) is 0 Å². The fraction of sp³-hybridized carbons (Fsp3) is 0.136. The van der Waals surface area contributed by atoms with Gasteiger partial charge in [-0.05, 0) is 41.7 Å². The second kappa shape index (κ2) is 8.69. The van der Waals surface area contributed by atoms with E-state index in [0.717, 1.165) is 29.7 Å². The van der Waals surface area contributed by atoms with Gasteiger partial charge in [0.25, 0.3) is 0 Å². The van der Waals surface area contributed by atoms with Gasteiger partial charge in [-0.3, -0.25) is 5.32 Å². The van der Waals surface area contributed by atoms with E-state index >= 15 is 0 Å². The molecule has 0 aliphatic heterocycles. The van der Waals surface area contributed by atoms with E-state index in [1.54, 1.807) is 0 Å². The number of aryl methyl sites for hydroxylation is 1. The second-order valence-corrected chi connectivity index (χ2v) is 5.79. The Morgan fingerprint density at radius 3 is 2.04 bits per heavy atom. The average Bonchev–Trinajstić information content (AvgIpc) is 2.67. The fourth-order valence-electron chi connectivity index (χ4n) is 2.62. The van der Waals surface area contributed by atoms with E-state index in [9.17, 15) is 4.79 Å². The standard InChI is InChI=1S/C22H21NO2/c24-22(25-17-7-10-18-8-3-1-4-9-18)23-21-15-13-20(14-16-21)19-11-5-2-6-12-19/h1-6,8-9,11-16H,7,10,17H2,(H,23,24). The zero-order chi connectivity index (χ0) is 17.3. The highest BCUT2D eigenvalue weighted by molar-refractivity contribution is 5.85. The lowest BCUT2D eigenvalue weighted by Gasteiger charge is -2.08. The molecule has 0 bridgehead atoms. The second-order valence-electron chi connectivity index (χ2n) is 5.79. The highest BCUT2D eigenvalue weighted by Gasteiger charge is 2.04. The maximum absolute atomic E-state index is 11.8. The number of hydrogen-bond donors (Lipinski definition) is 1. The van der Waals surface area contributed by atoms with Crippen LogP contribution in [-0.2, 0) is 11.2 Å². The van der Waals surface area contributed by atoms with Crippen molar-refractivity contribution in [3.63, 3.8) is 0 Å². The third-order valence-corrected chi connectivity index (χ3v) is 3.92. The van der Waals surface area contributed by atoms with Crippen LogP contribution in [-0.4, -0.2) is 12.7 Å². The predicted molar refractivity (Wildman–Crippen MR) is 102 cm³/mol. The van der Waals surface area contributed by atoms with Crippen LogP contribution in [0.4, 0.5) is 10.5 Å². The summed E-state index contributed by atoms with van der Waals surface area (Å²) >= 11 is 0. The molecule has 3 aromatic rings. The summed E-state index contributed by atoms with van der Waals surface area (Å²) < 4.78 is 5.23. The van der Waals surface area contributed by atoms with E-state index in [2.05, 4.69) is 29.6 Å². The van der Waals surface area contributed by atoms with Crippen LogP contribution >= 0.6 is 0 Å². The smallest absolute Gasteiger partial charge is 0.411 e. The molecule has 3 heteroatoms. The van der Waals surface area contributed by atoms with Crippen molar-refractivity contribution in [2.24, 2.45) is 0 Å². The molecule has 3 rings (SSSR count). The summed E-state index contributed by atoms with van der Waals surface area (Å²) in [4.78, 5) is 11.8. The van der Waals surface area contributed by atoms with Crippen LogP contribution in [0.15, 0.2) is 84.9 Å². The van der Waals surface area contributed by atoms with Gasteiger partial charge in [0.15, 0.2) is 0 Å². The van der Waals surface area contributed by atoms with E-state index < -0.39 is 6.09 Å². The number of carbonyl (C=O) groups excluding carboxylic acids is 1. The summed E-state index contributed by atoms with van der Waals surface area (Å²) in [6.45, 7) is 0.406. The van der Waals surface area contributed by atoms with E-state index in [1.807, 2.05) is 60.7 Å². The Morgan fingerprint density at radius 2 is 1.36 bits per heavy atom. The van der Waals surface area contributed by atoms with Crippen LogP contribution in [0.25, 0.3) is 11.1 Å². The molecule has 0 aliphatic carbocycles. The Labute approximate surface area is 148 Å². The van der Waals surface area contributed by atoms with E-state index in [4.69, 9.17) is 4.74 Å². The first-order valence-corrected chi connectivity index (χ1v) is 8.44. The maximum atomic E-state index is 11.8. The Hall–Kier alpha value is -3.07. The van der Waals surface area contributed by atoms with Crippen molar-refractivity contribution >= 4 is 11.8 Å². The summed E-state index contributed by atoms with van der Waals surface area (Å²) in [5.41, 5.74) is 4.25. The monoisotopic (exact) mass is 331 g/mol.